The molecule has 2 nitrogen and oxygen atoms in total. The van der Waals surface area contributed by atoms with Gasteiger partial charge in [0.2, 0.25) is 0 Å². The Kier molecular flexibility index (Phi) is 3.64. The summed E-state index contributed by atoms with van der Waals surface area (Å²) in [5.41, 5.74) is 5.33. The van der Waals surface area contributed by atoms with Crippen LogP contribution in [0.3, 0.4) is 0 Å². The fraction of sp³-hybridized carbons (Fsp3) is 0.200. The van der Waals surface area contributed by atoms with Crippen LogP contribution in [0.15, 0.2) is 42.2 Å². The molecule has 108 valence electrons. The van der Waals surface area contributed by atoms with Crippen LogP contribution >= 0.6 is 63.7 Å². The van der Waals surface area contributed by atoms with Crippen LogP contribution in [0, 0.1) is 0 Å². The Morgan fingerprint density at radius 2 is 1.10 bits per heavy atom. The van der Waals surface area contributed by atoms with Gasteiger partial charge < -0.3 is 9.80 Å². The average molecular weight is 538 g/mol. The van der Waals surface area contributed by atoms with Gasteiger partial charge in [-0.15, -0.1) is 0 Å². The average Bonchev–Trinajstić information content (AvgIpc) is 2.35. The molecule has 0 saturated carbocycles. The number of halogens is 4. The minimum Gasteiger partial charge on any atom is -0.348 e. The number of rotatable bonds is 0. The van der Waals surface area contributed by atoms with Crippen molar-refractivity contribution in [3.63, 3.8) is 0 Å². The van der Waals surface area contributed by atoms with E-state index < -0.39 is 0 Å². The first kappa shape index (κ1) is 14.5. The summed E-state index contributed by atoms with van der Waals surface area (Å²) < 4.78 is 4.55. The van der Waals surface area contributed by atoms with Gasteiger partial charge in [-0.3, -0.25) is 0 Å². The van der Waals surface area contributed by atoms with E-state index in [-0.39, 0.29) is 0 Å². The first-order chi connectivity index (χ1) is 10.0. The van der Waals surface area contributed by atoms with Crippen molar-refractivity contribution >= 4 is 75.1 Å². The highest BCUT2D eigenvalue weighted by molar-refractivity contribution is 9.11. The van der Waals surface area contributed by atoms with E-state index in [9.17, 15) is 0 Å². The summed E-state index contributed by atoms with van der Waals surface area (Å²) >= 11 is 14.6. The fourth-order valence-corrected chi connectivity index (χ4v) is 6.33. The van der Waals surface area contributed by atoms with Gasteiger partial charge in [0.05, 0.1) is 18.0 Å². The summed E-state index contributed by atoms with van der Waals surface area (Å²) in [5, 5.41) is 0. The number of hydrogen-bond donors (Lipinski definition) is 0. The molecule has 2 aliphatic rings. The van der Waals surface area contributed by atoms with Gasteiger partial charge >= 0.3 is 0 Å². The summed E-state index contributed by atoms with van der Waals surface area (Å²) in [7, 11) is 0. The Labute approximate surface area is 157 Å². The molecule has 0 atom stereocenters. The quantitative estimate of drug-likeness (QED) is 0.405. The monoisotopic (exact) mass is 534 g/mol. The molecule has 2 aliphatic heterocycles. The van der Waals surface area contributed by atoms with Crippen molar-refractivity contribution in [2.24, 2.45) is 0 Å². The zero-order chi connectivity index (χ0) is 14.7. The van der Waals surface area contributed by atoms with Crippen molar-refractivity contribution in [2.75, 3.05) is 16.5 Å². The molecule has 6 heteroatoms. The van der Waals surface area contributed by atoms with Crippen molar-refractivity contribution < 1.29 is 0 Å². The van der Waals surface area contributed by atoms with Crippen LogP contribution < -0.4 is 9.80 Å². The van der Waals surface area contributed by atoms with Gasteiger partial charge in [0.1, 0.15) is 0 Å². The highest BCUT2D eigenvalue weighted by atomic mass is 79.9. The van der Waals surface area contributed by atoms with E-state index in [0.717, 1.165) is 37.6 Å². The van der Waals surface area contributed by atoms with E-state index in [4.69, 9.17) is 0 Å². The molecule has 0 unspecified atom stereocenters. The van der Waals surface area contributed by atoms with Gasteiger partial charge in [-0.2, -0.15) is 0 Å². The second kappa shape index (κ2) is 5.25. The lowest BCUT2D eigenvalue weighted by atomic mass is 10.0. The number of anilines is 2. The first-order valence-electron chi connectivity index (χ1n) is 6.48. The summed E-state index contributed by atoms with van der Waals surface area (Å²) in [6, 6.07) is 8.69. The van der Waals surface area contributed by atoms with Crippen LogP contribution in [0.4, 0.5) is 11.4 Å². The van der Waals surface area contributed by atoms with E-state index in [0.29, 0.717) is 0 Å². The summed E-state index contributed by atoms with van der Waals surface area (Å²) in [6.07, 6.45) is 0. The SMILES string of the molecule is Brc1cc(Br)c2c(c1)CN1CN2Cc2cc(Br)cc(Br)c21. The molecule has 0 radical (unpaired) electrons. The lowest BCUT2D eigenvalue weighted by molar-refractivity contribution is 0.647. The van der Waals surface area contributed by atoms with Crippen LogP contribution in [0.5, 0.6) is 0 Å². The fourth-order valence-electron chi connectivity index (χ4n) is 3.20. The molecule has 2 bridgehead atoms. The number of fused-ring (bicyclic) bond motifs is 6. The first-order valence-corrected chi connectivity index (χ1v) is 9.66. The molecule has 0 aromatic heterocycles. The van der Waals surface area contributed by atoms with E-state index >= 15 is 0 Å². The zero-order valence-corrected chi connectivity index (χ0v) is 17.2. The highest BCUT2D eigenvalue weighted by Gasteiger charge is 2.32. The Morgan fingerprint density at radius 3 is 1.52 bits per heavy atom. The molecule has 0 amide bonds. The second-order valence-corrected chi connectivity index (χ2v) is 8.87. The van der Waals surface area contributed by atoms with Crippen molar-refractivity contribution in [1.29, 1.82) is 0 Å². The van der Waals surface area contributed by atoms with E-state index in [1.807, 2.05) is 0 Å². The molecule has 0 N–H and O–H groups in total. The highest BCUT2D eigenvalue weighted by Crippen LogP contribution is 2.45. The normalized spacial score (nSPS) is 15.8. The van der Waals surface area contributed by atoms with Gasteiger partial charge in [-0.25, -0.2) is 0 Å². The zero-order valence-electron chi connectivity index (χ0n) is 10.8. The summed E-state index contributed by atoms with van der Waals surface area (Å²) in [4.78, 5) is 4.85. The molecule has 2 aromatic carbocycles. The van der Waals surface area contributed by atoms with E-state index in [1.54, 1.807) is 0 Å². The largest absolute Gasteiger partial charge is 0.348 e. The van der Waals surface area contributed by atoms with E-state index in [1.165, 1.54) is 22.5 Å². The Hall–Kier alpha value is -0.0400. The minimum absolute atomic E-state index is 0.928. The van der Waals surface area contributed by atoms with Crippen molar-refractivity contribution in [3.8, 4) is 0 Å². The van der Waals surface area contributed by atoms with Crippen LogP contribution in [-0.4, -0.2) is 6.67 Å². The molecule has 4 rings (SSSR count). The Morgan fingerprint density at radius 1 is 0.667 bits per heavy atom. The van der Waals surface area contributed by atoms with Crippen molar-refractivity contribution in [3.05, 3.63) is 53.3 Å². The molecule has 21 heavy (non-hydrogen) atoms. The Balaban J connectivity index is 1.89. The molecule has 0 fully saturated rings. The standard InChI is InChI=1S/C15H10Br4N2/c16-10-1-8-5-20-7-21(14(8)12(18)3-10)6-9-2-11(17)4-13(19)15(9)20/h1-4H,5-7H2. The molecule has 0 aliphatic carbocycles. The number of hydrogen-bond acceptors (Lipinski definition) is 2. The lowest BCUT2D eigenvalue weighted by Crippen LogP contribution is -2.46. The molecule has 0 spiro atoms. The predicted octanol–water partition coefficient (Wildman–Crippen LogP) is 6.03. The number of benzene rings is 2. The van der Waals surface area contributed by atoms with Gasteiger partial charge in [0.15, 0.2) is 0 Å². The molecular formula is C15H10Br4N2. The maximum absolute atomic E-state index is 3.72. The van der Waals surface area contributed by atoms with Crippen molar-refractivity contribution in [1.82, 2.24) is 0 Å². The maximum atomic E-state index is 3.72. The third kappa shape index (κ3) is 2.38. The smallest absolute Gasteiger partial charge is 0.0910 e. The van der Waals surface area contributed by atoms with Crippen LogP contribution in [0.1, 0.15) is 11.1 Å². The molecule has 0 saturated heterocycles. The number of nitrogens with zero attached hydrogens (tertiary/aromatic N) is 2. The van der Waals surface area contributed by atoms with Gasteiger partial charge in [0, 0.05) is 31.0 Å². The third-order valence-corrected chi connectivity index (χ3v) is 6.04. The molecule has 2 heterocycles. The summed E-state index contributed by atoms with van der Waals surface area (Å²) in [5.74, 6) is 0. The lowest BCUT2D eigenvalue weighted by Gasteiger charge is -2.45. The molecular weight excluding hydrogens is 528 g/mol. The Bertz CT molecular complexity index is 696. The molecule has 2 aromatic rings. The van der Waals surface area contributed by atoms with Gasteiger partial charge in [-0.05, 0) is 67.3 Å². The van der Waals surface area contributed by atoms with Crippen LogP contribution in [0.2, 0.25) is 0 Å². The minimum atomic E-state index is 0.928. The maximum Gasteiger partial charge on any atom is 0.0910 e. The predicted molar refractivity (Wildman–Crippen MR) is 101 cm³/mol. The second-order valence-electron chi connectivity index (χ2n) is 5.33. The van der Waals surface area contributed by atoms with Gasteiger partial charge in [-0.1, -0.05) is 31.9 Å². The topological polar surface area (TPSA) is 6.48 Å². The van der Waals surface area contributed by atoms with E-state index in [2.05, 4.69) is 97.8 Å². The summed E-state index contributed by atoms with van der Waals surface area (Å²) in [6.45, 7) is 2.79. The third-order valence-electron chi connectivity index (χ3n) is 3.91. The van der Waals surface area contributed by atoms with Crippen LogP contribution in [0.25, 0.3) is 0 Å². The van der Waals surface area contributed by atoms with Crippen LogP contribution in [-0.2, 0) is 13.1 Å². The van der Waals surface area contributed by atoms with Crippen molar-refractivity contribution in [2.45, 2.75) is 13.1 Å². The van der Waals surface area contributed by atoms with Gasteiger partial charge in [0.25, 0.3) is 0 Å².